The van der Waals surface area contributed by atoms with E-state index < -0.39 is 69.0 Å². The normalized spacial score (nSPS) is 11.8. The van der Waals surface area contributed by atoms with Crippen molar-refractivity contribution < 1.29 is 39.8 Å². The van der Waals surface area contributed by atoms with Crippen LogP contribution in [0.15, 0.2) is 41.6 Å². The van der Waals surface area contributed by atoms with Crippen LogP contribution in [0.5, 0.6) is 11.6 Å². The van der Waals surface area contributed by atoms with Crippen LogP contribution in [-0.4, -0.2) is 42.1 Å². The van der Waals surface area contributed by atoms with Crippen molar-refractivity contribution >= 4 is 26.7 Å². The van der Waals surface area contributed by atoms with Crippen LogP contribution in [0.2, 0.25) is 0 Å². The van der Waals surface area contributed by atoms with Gasteiger partial charge in [0.1, 0.15) is 24.0 Å². The molecule has 0 radical (unpaired) electrons. The summed E-state index contributed by atoms with van der Waals surface area (Å²) in [5.74, 6) is -3.76. The molecule has 0 saturated heterocycles. The maximum Gasteiger partial charge on any atom is 0.267 e. The molecule has 0 atom stereocenters. The third-order valence-corrected chi connectivity index (χ3v) is 6.26. The van der Waals surface area contributed by atoms with Gasteiger partial charge >= 0.3 is 0 Å². The molecule has 15 heteroatoms. The van der Waals surface area contributed by atoms with E-state index in [4.69, 9.17) is 9.47 Å². The van der Waals surface area contributed by atoms with Gasteiger partial charge in [0.15, 0.2) is 16.4 Å². The number of hydrogen-bond donors (Lipinski definition) is 2. The van der Waals surface area contributed by atoms with Gasteiger partial charge in [0.2, 0.25) is 12.3 Å². The minimum Gasteiger partial charge on any atom is -0.487 e. The zero-order valence-corrected chi connectivity index (χ0v) is 19.0. The fourth-order valence-electron chi connectivity index (χ4n) is 3.23. The summed E-state index contributed by atoms with van der Waals surface area (Å²) in [5, 5.41) is 6.50. The molecule has 0 saturated carbocycles. The quantitative estimate of drug-likeness (QED) is 0.315. The van der Waals surface area contributed by atoms with Crippen LogP contribution >= 0.6 is 0 Å². The first-order valence-electron chi connectivity index (χ1n) is 10.0. The maximum atomic E-state index is 15.1. The number of aromatic amines is 1. The minimum atomic E-state index is -4.59. The van der Waals surface area contributed by atoms with Crippen molar-refractivity contribution in [2.75, 3.05) is 11.8 Å². The van der Waals surface area contributed by atoms with Crippen molar-refractivity contribution in [3.8, 4) is 11.6 Å². The Morgan fingerprint density at radius 1 is 1.11 bits per heavy atom. The molecule has 9 nitrogen and oxygen atoms in total. The molecule has 3 heterocycles. The van der Waals surface area contributed by atoms with Crippen molar-refractivity contribution in [3.05, 3.63) is 65.4 Å². The van der Waals surface area contributed by atoms with Crippen molar-refractivity contribution in [1.29, 1.82) is 0 Å². The Hall–Kier alpha value is -4.01. The van der Waals surface area contributed by atoms with Crippen LogP contribution in [0.4, 0.5) is 27.6 Å². The topological polar surface area (TPSA) is 119 Å². The fourth-order valence-corrected chi connectivity index (χ4v) is 4.42. The number of aromatic nitrogens is 4. The SMILES string of the molecule is COc1ncc(F)cc1S(=O)(=O)Nc1ccc(F)c(COc2cnc3[nH]nc(CC(F)F)c3c2)c1F. The molecule has 0 aliphatic rings. The lowest BCUT2D eigenvalue weighted by Gasteiger charge is -2.14. The molecule has 2 N–H and O–H groups in total. The summed E-state index contributed by atoms with van der Waals surface area (Å²) in [6.45, 7) is -0.701. The Balaban J connectivity index is 1.59. The second-order valence-corrected chi connectivity index (χ2v) is 8.93. The summed E-state index contributed by atoms with van der Waals surface area (Å²) in [6.07, 6.45) is -1.36. The van der Waals surface area contributed by atoms with Gasteiger partial charge in [-0.25, -0.2) is 40.3 Å². The van der Waals surface area contributed by atoms with E-state index in [1.54, 1.807) is 0 Å². The molecule has 0 bridgehead atoms. The highest BCUT2D eigenvalue weighted by Crippen LogP contribution is 2.29. The zero-order valence-electron chi connectivity index (χ0n) is 18.2. The summed E-state index contributed by atoms with van der Waals surface area (Å²) in [7, 11) is -3.48. The molecule has 0 unspecified atom stereocenters. The highest BCUT2D eigenvalue weighted by Gasteiger charge is 2.25. The summed E-state index contributed by atoms with van der Waals surface area (Å²) < 4.78 is 106. The third kappa shape index (κ3) is 5.15. The monoisotopic (exact) mass is 529 g/mol. The molecule has 0 aliphatic carbocycles. The van der Waals surface area contributed by atoms with E-state index >= 15 is 4.39 Å². The van der Waals surface area contributed by atoms with Crippen LogP contribution in [0, 0.1) is 17.5 Å². The van der Waals surface area contributed by atoms with Crippen molar-refractivity contribution in [3.63, 3.8) is 0 Å². The summed E-state index contributed by atoms with van der Waals surface area (Å²) in [5.41, 5.74) is -1.04. The van der Waals surface area contributed by atoms with Crippen LogP contribution in [-0.2, 0) is 23.1 Å². The minimum absolute atomic E-state index is 0.000211. The fraction of sp³-hybridized carbons (Fsp3) is 0.190. The van der Waals surface area contributed by atoms with Gasteiger partial charge in [-0.05, 0) is 18.2 Å². The van der Waals surface area contributed by atoms with Gasteiger partial charge in [-0.3, -0.25) is 9.82 Å². The highest BCUT2D eigenvalue weighted by atomic mass is 32.2. The van der Waals surface area contributed by atoms with Crippen molar-refractivity contribution in [2.45, 2.75) is 24.3 Å². The predicted octanol–water partition coefficient (Wildman–Crippen LogP) is 3.97. The van der Waals surface area contributed by atoms with Crippen LogP contribution in [0.3, 0.4) is 0 Å². The van der Waals surface area contributed by atoms with E-state index in [2.05, 4.69) is 20.2 Å². The zero-order chi connectivity index (χ0) is 26.0. The molecule has 0 spiro atoms. The molecule has 1 aromatic carbocycles. The Morgan fingerprint density at radius 3 is 2.61 bits per heavy atom. The number of methoxy groups -OCH3 is 1. The number of nitrogens with zero attached hydrogens (tertiary/aromatic N) is 3. The lowest BCUT2D eigenvalue weighted by molar-refractivity contribution is 0.148. The Morgan fingerprint density at radius 2 is 1.89 bits per heavy atom. The van der Waals surface area contributed by atoms with Gasteiger partial charge < -0.3 is 9.47 Å². The molecular weight excluding hydrogens is 513 g/mol. The molecule has 0 aliphatic heterocycles. The first kappa shape index (κ1) is 25.1. The molecule has 3 aromatic heterocycles. The van der Waals surface area contributed by atoms with Crippen LogP contribution in [0.1, 0.15) is 11.3 Å². The second-order valence-electron chi connectivity index (χ2n) is 7.28. The molecule has 36 heavy (non-hydrogen) atoms. The Kier molecular flexibility index (Phi) is 6.92. The largest absolute Gasteiger partial charge is 0.487 e. The average molecular weight is 529 g/mol. The van der Waals surface area contributed by atoms with E-state index in [-0.39, 0.29) is 22.5 Å². The second kappa shape index (κ2) is 9.93. The van der Waals surface area contributed by atoms with Crippen molar-refractivity contribution in [2.24, 2.45) is 0 Å². The van der Waals surface area contributed by atoms with E-state index in [1.807, 2.05) is 4.72 Å². The number of halogens is 5. The number of anilines is 1. The number of alkyl halides is 2. The smallest absolute Gasteiger partial charge is 0.267 e. The number of benzene rings is 1. The standard InChI is InChI=1S/C21H16F5N5O4S/c1-34-21-17(4-10(22)7-28-21)36(32,33)31-15-3-2-14(23)13(19(15)26)9-35-11-5-12-16(6-18(24)25)29-30-20(12)27-8-11/h2-5,7-8,18,31H,6,9H2,1H3,(H,27,29,30). The Labute approximate surface area is 200 Å². The van der Waals surface area contributed by atoms with Gasteiger partial charge in [-0.2, -0.15) is 5.10 Å². The first-order valence-corrected chi connectivity index (χ1v) is 11.5. The van der Waals surface area contributed by atoms with Gasteiger partial charge in [0.05, 0.1) is 42.9 Å². The molecule has 190 valence electrons. The lowest BCUT2D eigenvalue weighted by atomic mass is 10.2. The van der Waals surface area contributed by atoms with Gasteiger partial charge in [0, 0.05) is 11.5 Å². The third-order valence-electron chi connectivity index (χ3n) is 4.90. The number of pyridine rings is 2. The van der Waals surface area contributed by atoms with E-state index in [9.17, 15) is 26.0 Å². The number of H-pyrrole nitrogens is 1. The van der Waals surface area contributed by atoms with E-state index in [1.165, 1.54) is 12.3 Å². The molecule has 0 amide bonds. The number of ether oxygens (including phenoxy) is 2. The van der Waals surface area contributed by atoms with Gasteiger partial charge in [0.25, 0.3) is 10.0 Å². The summed E-state index contributed by atoms with van der Waals surface area (Å²) >= 11 is 0. The molecule has 0 fully saturated rings. The van der Waals surface area contributed by atoms with E-state index in [0.717, 1.165) is 25.4 Å². The lowest BCUT2D eigenvalue weighted by Crippen LogP contribution is -2.17. The molecule has 4 aromatic rings. The molecular formula is C21H16F5N5O4S. The van der Waals surface area contributed by atoms with Gasteiger partial charge in [-0.15, -0.1) is 0 Å². The van der Waals surface area contributed by atoms with Crippen LogP contribution < -0.4 is 14.2 Å². The van der Waals surface area contributed by atoms with Crippen LogP contribution in [0.25, 0.3) is 11.0 Å². The number of nitrogens with one attached hydrogen (secondary N) is 2. The number of hydrogen-bond acceptors (Lipinski definition) is 7. The van der Waals surface area contributed by atoms with Gasteiger partial charge in [-0.1, -0.05) is 0 Å². The summed E-state index contributed by atoms with van der Waals surface area (Å²) in [6, 6.07) is 3.59. The number of fused-ring (bicyclic) bond motifs is 1. The number of rotatable bonds is 9. The highest BCUT2D eigenvalue weighted by molar-refractivity contribution is 7.92. The van der Waals surface area contributed by atoms with Crippen molar-refractivity contribution in [1.82, 2.24) is 20.2 Å². The average Bonchev–Trinajstić information content (AvgIpc) is 3.22. The summed E-state index contributed by atoms with van der Waals surface area (Å²) in [4.78, 5) is 6.79. The molecule has 4 rings (SSSR count). The number of sulfonamides is 1. The maximum absolute atomic E-state index is 15.1. The predicted molar refractivity (Wildman–Crippen MR) is 116 cm³/mol. The Bertz CT molecular complexity index is 1530. The first-order chi connectivity index (χ1) is 17.1. The van der Waals surface area contributed by atoms with E-state index in [0.29, 0.717) is 6.07 Å².